The fraction of sp³-hybridized carbons (Fsp3) is 0.250. The minimum Gasteiger partial charge on any atom is -0.375 e. The number of thiophene rings is 1. The van der Waals surface area contributed by atoms with Crippen molar-refractivity contribution in [3.05, 3.63) is 83.0 Å². The Morgan fingerprint density at radius 3 is 3.00 bits per heavy atom. The van der Waals surface area contributed by atoms with E-state index >= 15 is 0 Å². The highest BCUT2D eigenvalue weighted by Crippen LogP contribution is 2.30. The van der Waals surface area contributed by atoms with Crippen LogP contribution in [-0.4, -0.2) is 41.5 Å². The highest BCUT2D eigenvalue weighted by atomic mass is 32.1. The zero-order valence-electron chi connectivity index (χ0n) is 17.1. The largest absolute Gasteiger partial charge is 0.375 e. The minimum atomic E-state index is -0.157. The average molecular weight is 433 g/mol. The number of rotatable bonds is 6. The molecule has 1 fully saturated rings. The van der Waals surface area contributed by atoms with Crippen molar-refractivity contribution >= 4 is 33.0 Å². The number of nitrogens with zero attached hydrogens (tertiary/aromatic N) is 2. The van der Waals surface area contributed by atoms with Crippen LogP contribution in [0, 0.1) is 0 Å². The van der Waals surface area contributed by atoms with E-state index in [4.69, 9.17) is 4.74 Å². The molecule has 0 spiro atoms. The number of amides is 1. The van der Waals surface area contributed by atoms with Gasteiger partial charge in [-0.1, -0.05) is 30.3 Å². The van der Waals surface area contributed by atoms with Gasteiger partial charge in [0, 0.05) is 36.1 Å². The molecule has 158 valence electrons. The molecule has 4 aromatic rings. The molecule has 0 aliphatic carbocycles. The molecule has 1 saturated heterocycles. The molecule has 1 atom stereocenters. The maximum Gasteiger partial charge on any atom is 0.258 e. The van der Waals surface area contributed by atoms with Crippen molar-refractivity contribution in [2.45, 2.75) is 19.1 Å². The van der Waals surface area contributed by atoms with E-state index in [0.29, 0.717) is 12.1 Å². The summed E-state index contributed by atoms with van der Waals surface area (Å²) in [7, 11) is 0. The molecule has 5 rings (SSSR count). The number of fused-ring (bicyclic) bond motifs is 1. The smallest absolute Gasteiger partial charge is 0.258 e. The Bertz CT molecular complexity index is 1180. The predicted octanol–water partition coefficient (Wildman–Crippen LogP) is 3.93. The molecule has 1 aliphatic heterocycles. The number of aromatic nitrogens is 2. The molecule has 7 heteroatoms. The van der Waals surface area contributed by atoms with E-state index in [9.17, 15) is 4.79 Å². The van der Waals surface area contributed by atoms with Crippen molar-refractivity contribution in [3.63, 3.8) is 0 Å². The molecule has 2 aromatic carbocycles. The Morgan fingerprint density at radius 2 is 2.16 bits per heavy atom. The van der Waals surface area contributed by atoms with E-state index in [1.807, 2.05) is 36.4 Å². The van der Waals surface area contributed by atoms with E-state index in [0.717, 1.165) is 37.4 Å². The third-order valence-electron chi connectivity index (χ3n) is 5.45. The van der Waals surface area contributed by atoms with Crippen LogP contribution in [0.1, 0.15) is 21.5 Å². The SMILES string of the molecule is O=C(Nc1ccc2scc(CC3CNCCO3)c2c1)c1cnn(Cc2ccccc2)c1. The van der Waals surface area contributed by atoms with Gasteiger partial charge in [-0.3, -0.25) is 9.48 Å². The number of hydrogen-bond donors (Lipinski definition) is 2. The summed E-state index contributed by atoms with van der Waals surface area (Å²) in [5, 5.41) is 14.1. The fourth-order valence-electron chi connectivity index (χ4n) is 3.85. The standard InChI is InChI=1S/C24H24N4O2S/c29-24(19-12-26-28(15-19)14-17-4-2-1-3-5-17)27-20-6-7-23-22(11-20)18(16-31-23)10-21-13-25-8-9-30-21/h1-7,11-12,15-16,21,25H,8-10,13-14H2,(H,27,29). The monoisotopic (exact) mass is 432 g/mol. The second-order valence-electron chi connectivity index (χ2n) is 7.74. The van der Waals surface area contributed by atoms with Gasteiger partial charge < -0.3 is 15.4 Å². The molecule has 31 heavy (non-hydrogen) atoms. The zero-order valence-corrected chi connectivity index (χ0v) is 17.9. The molecule has 1 amide bonds. The Balaban J connectivity index is 1.28. The van der Waals surface area contributed by atoms with Gasteiger partial charge in [0.2, 0.25) is 0 Å². The number of anilines is 1. The Labute approximate surface area is 184 Å². The van der Waals surface area contributed by atoms with Crippen LogP contribution in [0.5, 0.6) is 0 Å². The van der Waals surface area contributed by atoms with Crippen LogP contribution in [0.15, 0.2) is 66.3 Å². The summed E-state index contributed by atoms with van der Waals surface area (Å²) < 4.78 is 8.86. The van der Waals surface area contributed by atoms with Gasteiger partial charge in [0.05, 0.1) is 31.0 Å². The van der Waals surface area contributed by atoms with Gasteiger partial charge >= 0.3 is 0 Å². The summed E-state index contributed by atoms with van der Waals surface area (Å²) in [5.74, 6) is -0.157. The van der Waals surface area contributed by atoms with E-state index in [-0.39, 0.29) is 12.0 Å². The molecular formula is C24H24N4O2S. The van der Waals surface area contributed by atoms with Crippen LogP contribution < -0.4 is 10.6 Å². The second kappa shape index (κ2) is 9.01. The molecule has 3 heterocycles. The van der Waals surface area contributed by atoms with Crippen molar-refractivity contribution in [1.29, 1.82) is 0 Å². The minimum absolute atomic E-state index is 0.157. The predicted molar refractivity (Wildman–Crippen MR) is 124 cm³/mol. The van der Waals surface area contributed by atoms with Crippen LogP contribution in [-0.2, 0) is 17.7 Å². The number of ether oxygens (including phenoxy) is 1. The molecule has 0 bridgehead atoms. The number of hydrogen-bond acceptors (Lipinski definition) is 5. The number of morpholine rings is 1. The molecule has 2 aromatic heterocycles. The lowest BCUT2D eigenvalue weighted by atomic mass is 10.1. The van der Waals surface area contributed by atoms with Crippen LogP contribution in [0.2, 0.25) is 0 Å². The van der Waals surface area contributed by atoms with E-state index in [1.54, 1.807) is 28.4 Å². The molecule has 0 radical (unpaired) electrons. The molecule has 6 nitrogen and oxygen atoms in total. The molecule has 0 saturated carbocycles. The number of benzene rings is 2. The molecule has 1 unspecified atom stereocenters. The maximum atomic E-state index is 12.8. The molecule has 1 aliphatic rings. The quantitative estimate of drug-likeness (QED) is 0.484. The van der Waals surface area contributed by atoms with E-state index < -0.39 is 0 Å². The first kappa shape index (κ1) is 19.9. The summed E-state index contributed by atoms with van der Waals surface area (Å²) in [6, 6.07) is 16.2. The number of carbonyl (C=O) groups is 1. The lowest BCUT2D eigenvalue weighted by Crippen LogP contribution is -2.39. The third-order valence-corrected chi connectivity index (χ3v) is 6.46. The lowest BCUT2D eigenvalue weighted by Gasteiger charge is -2.23. The van der Waals surface area contributed by atoms with Gasteiger partial charge in [-0.15, -0.1) is 11.3 Å². The molecular weight excluding hydrogens is 408 g/mol. The lowest BCUT2D eigenvalue weighted by molar-refractivity contribution is 0.0295. The second-order valence-corrected chi connectivity index (χ2v) is 8.65. The van der Waals surface area contributed by atoms with Crippen molar-refractivity contribution in [2.75, 3.05) is 25.0 Å². The van der Waals surface area contributed by atoms with E-state index in [2.05, 4.69) is 33.2 Å². The first-order valence-corrected chi connectivity index (χ1v) is 11.3. The van der Waals surface area contributed by atoms with Crippen LogP contribution in [0.3, 0.4) is 0 Å². The van der Waals surface area contributed by atoms with Crippen LogP contribution in [0.25, 0.3) is 10.1 Å². The Kier molecular flexibility index (Phi) is 5.80. The molecule has 2 N–H and O–H groups in total. The summed E-state index contributed by atoms with van der Waals surface area (Å²) in [6.07, 6.45) is 4.46. The first-order chi connectivity index (χ1) is 15.2. The van der Waals surface area contributed by atoms with Crippen LogP contribution in [0.4, 0.5) is 5.69 Å². The average Bonchev–Trinajstić information content (AvgIpc) is 3.43. The summed E-state index contributed by atoms with van der Waals surface area (Å²) in [4.78, 5) is 12.8. The van der Waals surface area contributed by atoms with E-state index in [1.165, 1.54) is 15.6 Å². The Morgan fingerprint density at radius 1 is 1.26 bits per heavy atom. The number of nitrogens with one attached hydrogen (secondary N) is 2. The first-order valence-electron chi connectivity index (χ1n) is 10.4. The van der Waals surface area contributed by atoms with Gasteiger partial charge in [-0.05, 0) is 40.1 Å². The highest BCUT2D eigenvalue weighted by Gasteiger charge is 2.17. The van der Waals surface area contributed by atoms with Crippen molar-refractivity contribution in [3.8, 4) is 0 Å². The van der Waals surface area contributed by atoms with Crippen molar-refractivity contribution < 1.29 is 9.53 Å². The number of carbonyl (C=O) groups excluding carboxylic acids is 1. The Hall–Kier alpha value is -3.00. The normalized spacial score (nSPS) is 16.5. The van der Waals surface area contributed by atoms with Gasteiger partial charge in [0.15, 0.2) is 0 Å². The maximum absolute atomic E-state index is 12.8. The topological polar surface area (TPSA) is 68.2 Å². The fourth-order valence-corrected chi connectivity index (χ4v) is 4.81. The highest BCUT2D eigenvalue weighted by molar-refractivity contribution is 7.17. The van der Waals surface area contributed by atoms with Crippen LogP contribution >= 0.6 is 11.3 Å². The summed E-state index contributed by atoms with van der Waals surface area (Å²) in [6.45, 7) is 3.18. The van der Waals surface area contributed by atoms with Crippen molar-refractivity contribution in [2.24, 2.45) is 0 Å². The summed E-state index contributed by atoms with van der Waals surface area (Å²) >= 11 is 1.73. The van der Waals surface area contributed by atoms with Gasteiger partial charge in [-0.25, -0.2) is 0 Å². The van der Waals surface area contributed by atoms with Crippen molar-refractivity contribution in [1.82, 2.24) is 15.1 Å². The van der Waals surface area contributed by atoms with Gasteiger partial charge in [0.1, 0.15) is 0 Å². The van der Waals surface area contributed by atoms with Gasteiger partial charge in [0.25, 0.3) is 5.91 Å². The third kappa shape index (κ3) is 4.69. The van der Waals surface area contributed by atoms with Gasteiger partial charge in [-0.2, -0.15) is 5.10 Å². The summed E-state index contributed by atoms with van der Waals surface area (Å²) in [5.41, 5.74) is 3.74. The zero-order chi connectivity index (χ0) is 21.0.